The molecule has 88 valence electrons. The largest absolute Gasteiger partial charge is 0.336 e. The zero-order valence-electron chi connectivity index (χ0n) is 9.76. The molecule has 0 aliphatic carbocycles. The third kappa shape index (κ3) is 2.60. The van der Waals surface area contributed by atoms with Crippen molar-refractivity contribution >= 4 is 5.91 Å². The summed E-state index contributed by atoms with van der Waals surface area (Å²) in [7, 11) is 2.04. The van der Waals surface area contributed by atoms with Crippen LogP contribution in [0.3, 0.4) is 0 Å². The number of pyridine rings is 1. The summed E-state index contributed by atoms with van der Waals surface area (Å²) in [4.78, 5) is 20.0. The van der Waals surface area contributed by atoms with Crippen LogP contribution in [-0.4, -0.2) is 53.9 Å². The zero-order chi connectivity index (χ0) is 12.3. The lowest BCUT2D eigenvalue weighted by atomic mass is 10.2. The molecule has 0 spiro atoms. The van der Waals surface area contributed by atoms with Crippen LogP contribution in [0.2, 0.25) is 0 Å². The van der Waals surface area contributed by atoms with Crippen molar-refractivity contribution in [3.05, 3.63) is 29.6 Å². The molecular formula is C12H14N4O. The monoisotopic (exact) mass is 230 g/mol. The topological polar surface area (TPSA) is 60.2 Å². The van der Waals surface area contributed by atoms with Crippen LogP contribution in [0.4, 0.5) is 0 Å². The second-order valence-corrected chi connectivity index (χ2v) is 4.14. The third-order valence-corrected chi connectivity index (χ3v) is 2.91. The van der Waals surface area contributed by atoms with Crippen LogP contribution in [-0.2, 0) is 0 Å². The molecule has 0 radical (unpaired) electrons. The van der Waals surface area contributed by atoms with Crippen molar-refractivity contribution in [3.63, 3.8) is 0 Å². The molecule has 0 aromatic carbocycles. The minimum Gasteiger partial charge on any atom is -0.336 e. The summed E-state index contributed by atoms with van der Waals surface area (Å²) in [6.07, 6.45) is 1.50. The van der Waals surface area contributed by atoms with Crippen LogP contribution < -0.4 is 0 Å². The van der Waals surface area contributed by atoms with E-state index in [1.54, 1.807) is 12.1 Å². The summed E-state index contributed by atoms with van der Waals surface area (Å²) in [6, 6.07) is 5.14. The van der Waals surface area contributed by atoms with Crippen molar-refractivity contribution < 1.29 is 4.79 Å². The molecule has 1 fully saturated rings. The summed E-state index contributed by atoms with van der Waals surface area (Å²) in [5, 5.41) is 8.74. The van der Waals surface area contributed by atoms with E-state index in [1.165, 1.54) is 6.20 Å². The van der Waals surface area contributed by atoms with E-state index in [9.17, 15) is 4.79 Å². The van der Waals surface area contributed by atoms with Crippen molar-refractivity contribution in [1.82, 2.24) is 14.8 Å². The number of hydrogen-bond donors (Lipinski definition) is 0. The van der Waals surface area contributed by atoms with Gasteiger partial charge in [-0.1, -0.05) is 0 Å². The molecule has 1 aromatic heterocycles. The van der Waals surface area contributed by atoms with E-state index in [0.29, 0.717) is 5.56 Å². The second-order valence-electron chi connectivity index (χ2n) is 4.14. The van der Waals surface area contributed by atoms with Crippen molar-refractivity contribution in [1.29, 1.82) is 5.26 Å². The lowest BCUT2D eigenvalue weighted by Gasteiger charge is -2.32. The van der Waals surface area contributed by atoms with E-state index in [2.05, 4.69) is 9.88 Å². The summed E-state index contributed by atoms with van der Waals surface area (Å²) in [5.41, 5.74) is 0.825. The van der Waals surface area contributed by atoms with Crippen LogP contribution in [0.1, 0.15) is 16.1 Å². The maximum Gasteiger partial charge on any atom is 0.254 e. The van der Waals surface area contributed by atoms with E-state index < -0.39 is 0 Å². The molecule has 0 N–H and O–H groups in total. The first-order valence-corrected chi connectivity index (χ1v) is 5.54. The molecule has 1 aliphatic heterocycles. The Balaban J connectivity index is 2.11. The fourth-order valence-corrected chi connectivity index (χ4v) is 1.82. The van der Waals surface area contributed by atoms with Gasteiger partial charge >= 0.3 is 0 Å². The van der Waals surface area contributed by atoms with E-state index in [1.807, 2.05) is 18.0 Å². The third-order valence-electron chi connectivity index (χ3n) is 2.91. The Labute approximate surface area is 100 Å². The predicted octanol–water partition coefficient (Wildman–Crippen LogP) is 0.341. The average molecular weight is 230 g/mol. The molecule has 1 aliphatic rings. The molecule has 0 unspecified atom stereocenters. The van der Waals surface area contributed by atoms with Crippen molar-refractivity contribution in [2.75, 3.05) is 33.2 Å². The molecule has 0 bridgehead atoms. The maximum absolute atomic E-state index is 12.1. The number of amides is 1. The molecular weight excluding hydrogens is 216 g/mol. The first-order chi connectivity index (χ1) is 8.20. The summed E-state index contributed by atoms with van der Waals surface area (Å²) in [5.74, 6) is -0.0167. The van der Waals surface area contributed by atoms with Gasteiger partial charge in [0.15, 0.2) is 0 Å². The van der Waals surface area contributed by atoms with Gasteiger partial charge in [0.25, 0.3) is 5.91 Å². The molecule has 1 amide bonds. The first-order valence-electron chi connectivity index (χ1n) is 5.54. The molecule has 5 heteroatoms. The van der Waals surface area contributed by atoms with Gasteiger partial charge in [-0.05, 0) is 19.2 Å². The van der Waals surface area contributed by atoms with Gasteiger partial charge in [0.2, 0.25) is 0 Å². The van der Waals surface area contributed by atoms with Crippen LogP contribution in [0.5, 0.6) is 0 Å². The first kappa shape index (κ1) is 11.6. The number of piperazine rings is 1. The number of likely N-dealkylation sites (N-methyl/N-ethyl adjacent to an activating group) is 1. The summed E-state index contributed by atoms with van der Waals surface area (Å²) in [6.45, 7) is 3.25. The molecule has 17 heavy (non-hydrogen) atoms. The highest BCUT2D eigenvalue weighted by atomic mass is 16.2. The van der Waals surface area contributed by atoms with Crippen LogP contribution in [0.15, 0.2) is 18.3 Å². The van der Waals surface area contributed by atoms with Gasteiger partial charge in [0.1, 0.15) is 11.8 Å². The van der Waals surface area contributed by atoms with E-state index in [4.69, 9.17) is 5.26 Å². The maximum atomic E-state index is 12.1. The minimum atomic E-state index is -0.0167. The number of hydrogen-bond acceptors (Lipinski definition) is 4. The highest BCUT2D eigenvalue weighted by Crippen LogP contribution is 2.08. The van der Waals surface area contributed by atoms with Gasteiger partial charge in [-0.2, -0.15) is 5.26 Å². The van der Waals surface area contributed by atoms with E-state index in [0.717, 1.165) is 26.2 Å². The molecule has 1 saturated heterocycles. The van der Waals surface area contributed by atoms with E-state index >= 15 is 0 Å². The SMILES string of the molecule is CN1CCN(C(=O)c2ccnc(C#N)c2)CC1. The minimum absolute atomic E-state index is 0.0167. The Morgan fingerprint density at radius 1 is 1.41 bits per heavy atom. The second kappa shape index (κ2) is 4.93. The van der Waals surface area contributed by atoms with Gasteiger partial charge in [-0.25, -0.2) is 4.98 Å². The number of carbonyl (C=O) groups excluding carboxylic acids is 1. The Morgan fingerprint density at radius 3 is 2.76 bits per heavy atom. The fraction of sp³-hybridized carbons (Fsp3) is 0.417. The highest BCUT2D eigenvalue weighted by molar-refractivity contribution is 5.94. The van der Waals surface area contributed by atoms with Gasteiger partial charge in [0, 0.05) is 37.9 Å². The highest BCUT2D eigenvalue weighted by Gasteiger charge is 2.20. The number of nitriles is 1. The number of nitrogens with zero attached hydrogens (tertiary/aromatic N) is 4. The number of carbonyl (C=O) groups is 1. The predicted molar refractivity (Wildman–Crippen MR) is 62.4 cm³/mol. The summed E-state index contributed by atoms with van der Waals surface area (Å²) < 4.78 is 0. The summed E-state index contributed by atoms with van der Waals surface area (Å²) >= 11 is 0. The van der Waals surface area contributed by atoms with Crippen LogP contribution >= 0.6 is 0 Å². The average Bonchev–Trinajstić information content (AvgIpc) is 2.39. The zero-order valence-corrected chi connectivity index (χ0v) is 9.76. The molecule has 2 rings (SSSR count). The molecule has 2 heterocycles. The Hall–Kier alpha value is -1.93. The lowest BCUT2D eigenvalue weighted by molar-refractivity contribution is 0.0664. The molecule has 0 saturated carbocycles. The van der Waals surface area contributed by atoms with Gasteiger partial charge < -0.3 is 9.80 Å². The van der Waals surface area contributed by atoms with Crippen LogP contribution in [0.25, 0.3) is 0 Å². The van der Waals surface area contributed by atoms with Crippen molar-refractivity contribution in [2.24, 2.45) is 0 Å². The quantitative estimate of drug-likeness (QED) is 0.698. The van der Waals surface area contributed by atoms with Gasteiger partial charge in [-0.3, -0.25) is 4.79 Å². The van der Waals surface area contributed by atoms with Crippen LogP contribution in [0, 0.1) is 11.3 Å². The lowest BCUT2D eigenvalue weighted by Crippen LogP contribution is -2.47. The Kier molecular flexibility index (Phi) is 3.35. The van der Waals surface area contributed by atoms with E-state index in [-0.39, 0.29) is 11.6 Å². The smallest absolute Gasteiger partial charge is 0.254 e. The standard InChI is InChI=1S/C12H14N4O/c1-15-4-6-16(7-5-15)12(17)10-2-3-14-11(8-10)9-13/h2-3,8H,4-7H2,1H3. The fourth-order valence-electron chi connectivity index (χ4n) is 1.82. The van der Waals surface area contributed by atoms with Crippen molar-refractivity contribution in [3.8, 4) is 6.07 Å². The Morgan fingerprint density at radius 2 is 2.12 bits per heavy atom. The molecule has 0 atom stereocenters. The van der Waals surface area contributed by atoms with Gasteiger partial charge in [-0.15, -0.1) is 0 Å². The molecule has 1 aromatic rings. The van der Waals surface area contributed by atoms with Gasteiger partial charge in [0.05, 0.1) is 0 Å². The Bertz CT molecular complexity index is 458. The molecule has 5 nitrogen and oxygen atoms in total. The normalized spacial score (nSPS) is 16.6. The van der Waals surface area contributed by atoms with Crippen molar-refractivity contribution in [2.45, 2.75) is 0 Å². The number of aromatic nitrogens is 1. The number of rotatable bonds is 1.